The third-order valence-electron chi connectivity index (χ3n) is 7.12. The largest absolute Gasteiger partial charge is 0.473 e. The molecule has 0 N–H and O–H groups in total. The molecule has 12 heteroatoms. The van der Waals surface area contributed by atoms with Gasteiger partial charge in [-0.2, -0.15) is 0 Å². The van der Waals surface area contributed by atoms with Crippen LogP contribution in [-0.4, -0.2) is 80.1 Å². The molecule has 36 heavy (non-hydrogen) atoms. The number of carbonyl (C=O) groups is 4. The molecule has 0 aromatic heterocycles. The topological polar surface area (TPSA) is 112 Å². The molecule has 0 aromatic carbocycles. The molecule has 0 saturated carbocycles. The first-order chi connectivity index (χ1) is 17.2. The maximum absolute atomic E-state index is 14.6. The minimum atomic E-state index is -1.30. The fraction of sp³-hybridized carbons (Fsp3) is 0.500. The Hall–Kier alpha value is -2.86. The average molecular weight is 535 g/mol. The third kappa shape index (κ3) is 3.41. The number of fused-ring (bicyclic) bond motifs is 6. The van der Waals surface area contributed by atoms with Crippen LogP contribution in [0.2, 0.25) is 0 Å². The maximum Gasteiger partial charge on any atom is 0.303 e. The summed E-state index contributed by atoms with van der Waals surface area (Å²) in [6.45, 7) is 2.60. The van der Waals surface area contributed by atoms with Crippen molar-refractivity contribution in [2.24, 2.45) is 0 Å². The van der Waals surface area contributed by atoms with Crippen LogP contribution >= 0.6 is 23.5 Å². The zero-order valence-corrected chi connectivity index (χ0v) is 21.8. The molecule has 0 radical (unpaired) electrons. The van der Waals surface area contributed by atoms with Crippen LogP contribution in [0.25, 0.3) is 0 Å². The van der Waals surface area contributed by atoms with Crippen LogP contribution in [0.1, 0.15) is 26.7 Å². The minimum Gasteiger partial charge on any atom is -0.473 e. The minimum absolute atomic E-state index is 0.195. The van der Waals surface area contributed by atoms with E-state index in [0.717, 1.165) is 0 Å². The highest BCUT2D eigenvalue weighted by Crippen LogP contribution is 2.59. The zero-order valence-electron chi connectivity index (χ0n) is 20.2. The van der Waals surface area contributed by atoms with Crippen molar-refractivity contribution in [2.75, 3.05) is 12.5 Å². The quantitative estimate of drug-likeness (QED) is 0.497. The van der Waals surface area contributed by atoms with Gasteiger partial charge in [0.15, 0.2) is 9.74 Å². The molecule has 0 aromatic rings. The van der Waals surface area contributed by atoms with E-state index in [2.05, 4.69) is 0 Å². The summed E-state index contributed by atoms with van der Waals surface area (Å²) >= 11 is 2.51. The lowest BCUT2D eigenvalue weighted by Gasteiger charge is -2.54. The Labute approximate surface area is 216 Å². The number of esters is 2. The van der Waals surface area contributed by atoms with Crippen molar-refractivity contribution in [1.29, 1.82) is 0 Å². The summed E-state index contributed by atoms with van der Waals surface area (Å²) in [5.41, 5.74) is 1.35. The Bertz CT molecular complexity index is 1060. The monoisotopic (exact) mass is 534 g/mol. The lowest BCUT2D eigenvalue weighted by atomic mass is 10.0. The maximum atomic E-state index is 14.6. The van der Waals surface area contributed by atoms with Crippen LogP contribution in [0.4, 0.5) is 0 Å². The van der Waals surface area contributed by atoms with E-state index in [1.54, 1.807) is 34.5 Å². The smallest absolute Gasteiger partial charge is 0.303 e. The van der Waals surface area contributed by atoms with Gasteiger partial charge in [0.05, 0.1) is 37.1 Å². The van der Waals surface area contributed by atoms with E-state index in [1.165, 1.54) is 62.4 Å². The van der Waals surface area contributed by atoms with Gasteiger partial charge in [0.1, 0.15) is 12.2 Å². The highest BCUT2D eigenvalue weighted by molar-refractivity contribution is 8.01. The van der Waals surface area contributed by atoms with Gasteiger partial charge in [-0.15, -0.1) is 23.5 Å². The molecular formula is C24H26N2O8S2. The van der Waals surface area contributed by atoms with E-state index in [4.69, 9.17) is 18.9 Å². The van der Waals surface area contributed by atoms with E-state index in [0.29, 0.717) is 11.1 Å². The molecule has 0 bridgehead atoms. The number of nitrogens with zero attached hydrogens (tertiary/aromatic N) is 2. The normalized spacial score (nSPS) is 36.2. The summed E-state index contributed by atoms with van der Waals surface area (Å²) in [5, 5.41) is 0. The molecule has 2 amide bonds. The van der Waals surface area contributed by atoms with Crippen molar-refractivity contribution < 1.29 is 38.1 Å². The molecular weight excluding hydrogens is 508 g/mol. The molecule has 10 nitrogen and oxygen atoms in total. The fourth-order valence-corrected chi connectivity index (χ4v) is 7.74. The first kappa shape index (κ1) is 24.8. The summed E-state index contributed by atoms with van der Waals surface area (Å²) in [6, 6.07) is -1.41. The second-order valence-corrected chi connectivity index (χ2v) is 11.2. The number of amides is 2. The van der Waals surface area contributed by atoms with Gasteiger partial charge in [0, 0.05) is 26.7 Å². The van der Waals surface area contributed by atoms with Crippen LogP contribution in [0.15, 0.2) is 48.3 Å². The van der Waals surface area contributed by atoms with E-state index in [1.807, 2.05) is 0 Å². The summed E-state index contributed by atoms with van der Waals surface area (Å²) in [5.74, 6) is -1.59. The second-order valence-electron chi connectivity index (χ2n) is 9.03. The number of rotatable bonds is 4. The molecule has 5 aliphatic rings. The number of carbonyl (C=O) groups excluding carboxylic acids is 4. The zero-order chi connectivity index (χ0) is 25.8. The number of thioether (sulfide) groups is 2. The van der Waals surface area contributed by atoms with Gasteiger partial charge in [-0.05, 0) is 35.8 Å². The van der Waals surface area contributed by atoms with Crippen LogP contribution in [0, 0.1) is 0 Å². The summed E-state index contributed by atoms with van der Waals surface area (Å²) in [6.07, 6.45) is 11.3. The highest BCUT2D eigenvalue weighted by Gasteiger charge is 2.73. The Balaban J connectivity index is 1.67. The second kappa shape index (κ2) is 8.91. The molecule has 1 unspecified atom stereocenters. The van der Waals surface area contributed by atoms with E-state index < -0.39 is 46.0 Å². The average Bonchev–Trinajstić information content (AvgIpc) is 3.21. The third-order valence-corrected chi connectivity index (χ3v) is 9.50. The van der Waals surface area contributed by atoms with Gasteiger partial charge in [-0.1, -0.05) is 0 Å². The standard InChI is InChI=1S/C24H26N2O8S2/c1-13(27)33-17-5-7-31-11-15-9-23(35-3)22(30)26-20-16(12-32-8-6-18(20)34-14(2)28)10-24(26,36-4)21(29)25(23)19(15)17/h5-8,11-12,17-20H,9-10H2,1-4H3/t17-,18-,19-,20-,23+,24?/m0/s1. The van der Waals surface area contributed by atoms with Crippen LogP contribution in [0.3, 0.4) is 0 Å². The van der Waals surface area contributed by atoms with Crippen molar-refractivity contribution in [1.82, 2.24) is 9.80 Å². The van der Waals surface area contributed by atoms with Gasteiger partial charge >= 0.3 is 11.9 Å². The Morgan fingerprint density at radius 3 is 1.56 bits per heavy atom. The van der Waals surface area contributed by atoms with Crippen LogP contribution in [0.5, 0.6) is 0 Å². The van der Waals surface area contributed by atoms with Crippen molar-refractivity contribution >= 4 is 47.3 Å². The Morgan fingerprint density at radius 2 is 1.22 bits per heavy atom. The first-order valence-electron chi connectivity index (χ1n) is 11.3. The summed E-state index contributed by atoms with van der Waals surface area (Å²) in [7, 11) is 0. The van der Waals surface area contributed by atoms with Crippen molar-refractivity contribution in [3.05, 3.63) is 48.3 Å². The molecule has 0 spiro atoms. The van der Waals surface area contributed by atoms with Gasteiger partial charge in [0.2, 0.25) is 0 Å². The van der Waals surface area contributed by atoms with Gasteiger partial charge in [-0.25, -0.2) is 0 Å². The molecule has 5 aliphatic heterocycles. The highest BCUT2D eigenvalue weighted by atomic mass is 32.2. The van der Waals surface area contributed by atoms with Crippen molar-refractivity contribution in [3.8, 4) is 0 Å². The summed E-state index contributed by atoms with van der Waals surface area (Å²) in [4.78, 5) is 53.6. The number of piperazine rings is 1. The van der Waals surface area contributed by atoms with E-state index >= 15 is 0 Å². The molecule has 0 aliphatic carbocycles. The lowest BCUT2D eigenvalue weighted by molar-refractivity contribution is -0.171. The molecule has 3 saturated heterocycles. The van der Waals surface area contributed by atoms with Crippen molar-refractivity contribution in [3.63, 3.8) is 0 Å². The number of hydrogen-bond acceptors (Lipinski definition) is 10. The number of ether oxygens (including phenoxy) is 4. The lowest BCUT2D eigenvalue weighted by Crippen LogP contribution is -2.74. The molecule has 3 fully saturated rings. The Morgan fingerprint density at radius 1 is 0.833 bits per heavy atom. The predicted molar refractivity (Wildman–Crippen MR) is 131 cm³/mol. The predicted octanol–water partition coefficient (Wildman–Crippen LogP) is 2.04. The molecule has 5 heterocycles. The van der Waals surface area contributed by atoms with Crippen molar-refractivity contribution in [2.45, 2.75) is 60.7 Å². The van der Waals surface area contributed by atoms with E-state index in [9.17, 15) is 19.2 Å². The molecule has 192 valence electrons. The first-order valence-corrected chi connectivity index (χ1v) is 13.8. The van der Waals surface area contributed by atoms with Crippen LogP contribution in [-0.2, 0) is 38.1 Å². The fourth-order valence-electron chi connectivity index (χ4n) is 5.78. The van der Waals surface area contributed by atoms with Gasteiger partial charge in [-0.3, -0.25) is 19.2 Å². The summed E-state index contributed by atoms with van der Waals surface area (Å²) < 4.78 is 22.1. The number of hydrogen-bond donors (Lipinski definition) is 0. The SMILES string of the molecule is CSC12CC3=COC=C[C@H](OC(C)=O)[C@H]3N1C(=O)[C@]1(SC)CC3=COC=C[C@H](OC(C)=O)[C@H]3N1C2=O. The van der Waals surface area contributed by atoms with Gasteiger partial charge in [0.25, 0.3) is 11.8 Å². The molecule has 5 rings (SSSR count). The Kier molecular flexibility index (Phi) is 6.14. The van der Waals surface area contributed by atoms with Gasteiger partial charge < -0.3 is 28.7 Å². The van der Waals surface area contributed by atoms with E-state index in [-0.39, 0.29) is 24.7 Å². The molecule has 6 atom stereocenters. The van der Waals surface area contributed by atoms with Crippen LogP contribution < -0.4 is 0 Å².